The van der Waals surface area contributed by atoms with E-state index < -0.39 is 11.9 Å². The summed E-state index contributed by atoms with van der Waals surface area (Å²) in [5, 5.41) is 9.99. The van der Waals surface area contributed by atoms with E-state index in [1.54, 1.807) is 18.1 Å². The standard InChI is InChI=1S/C35H39BrN8O5/c1-40-18-23(15-25(20-40)38-28-17-37-41(2)35(49)31(28)36)21-3-5-22(6-4-21)33(47)43-13-11-42(12-14-43)26-7-8-27-24(16-26)19-44(34(27)48)29-9-10-30(45)39-32(29)46/h3-8,16-17,23,25,29,38H,9-15,18-20H2,1-2H3,(H,39,45,46). The molecular weight excluding hydrogens is 692 g/mol. The molecule has 2 aromatic carbocycles. The van der Waals surface area contributed by atoms with E-state index in [2.05, 4.69) is 60.6 Å². The van der Waals surface area contributed by atoms with Crippen LogP contribution >= 0.6 is 15.9 Å². The minimum absolute atomic E-state index is 0.00828. The summed E-state index contributed by atoms with van der Waals surface area (Å²) in [6.45, 7) is 4.55. The zero-order valence-corrected chi connectivity index (χ0v) is 29.1. The van der Waals surface area contributed by atoms with Gasteiger partial charge in [-0.2, -0.15) is 5.10 Å². The van der Waals surface area contributed by atoms with Crippen LogP contribution in [0.5, 0.6) is 0 Å². The van der Waals surface area contributed by atoms with Gasteiger partial charge in [0, 0.05) is 82.1 Å². The first-order chi connectivity index (χ1) is 23.5. The second kappa shape index (κ2) is 13.4. The topological polar surface area (TPSA) is 140 Å². The minimum atomic E-state index is -0.638. The number of hydrogen-bond acceptors (Lipinski definition) is 9. The fraction of sp³-hybridized carbons (Fsp3) is 0.429. The van der Waals surface area contributed by atoms with E-state index in [4.69, 9.17) is 0 Å². The fourth-order valence-corrected chi connectivity index (χ4v) is 7.98. The molecule has 0 spiro atoms. The van der Waals surface area contributed by atoms with Crippen LogP contribution in [0.4, 0.5) is 11.4 Å². The van der Waals surface area contributed by atoms with Gasteiger partial charge >= 0.3 is 0 Å². The Morgan fingerprint density at radius 2 is 1.73 bits per heavy atom. The minimum Gasteiger partial charge on any atom is -0.379 e. The van der Waals surface area contributed by atoms with Crippen molar-refractivity contribution in [3.8, 4) is 0 Å². The van der Waals surface area contributed by atoms with Gasteiger partial charge in [0.05, 0.1) is 11.9 Å². The quantitative estimate of drug-likeness (QED) is 0.366. The molecule has 3 aromatic rings. The van der Waals surface area contributed by atoms with E-state index in [-0.39, 0.29) is 41.7 Å². The molecule has 13 nitrogen and oxygen atoms in total. The van der Waals surface area contributed by atoms with Gasteiger partial charge in [0.15, 0.2) is 0 Å². The summed E-state index contributed by atoms with van der Waals surface area (Å²) in [7, 11) is 3.71. The number of hydrogen-bond donors (Lipinski definition) is 2. The molecule has 2 N–H and O–H groups in total. The Morgan fingerprint density at radius 3 is 2.47 bits per heavy atom. The monoisotopic (exact) mass is 730 g/mol. The van der Waals surface area contributed by atoms with E-state index >= 15 is 0 Å². The van der Waals surface area contributed by atoms with Crippen molar-refractivity contribution in [1.29, 1.82) is 0 Å². The molecule has 256 valence electrons. The Balaban J connectivity index is 0.946. The lowest BCUT2D eigenvalue weighted by molar-refractivity contribution is -0.136. The largest absolute Gasteiger partial charge is 0.379 e. The number of nitrogens with zero attached hydrogens (tertiary/aromatic N) is 6. The van der Waals surface area contributed by atoms with E-state index in [0.29, 0.717) is 60.4 Å². The van der Waals surface area contributed by atoms with Gasteiger partial charge < -0.3 is 24.9 Å². The summed E-state index contributed by atoms with van der Waals surface area (Å²) < 4.78 is 1.77. The number of imide groups is 1. The molecule has 0 aliphatic carbocycles. The molecule has 14 heteroatoms. The predicted molar refractivity (Wildman–Crippen MR) is 186 cm³/mol. The molecule has 3 fully saturated rings. The van der Waals surface area contributed by atoms with Gasteiger partial charge in [-0.05, 0) is 83.2 Å². The van der Waals surface area contributed by atoms with Gasteiger partial charge in [-0.3, -0.25) is 29.3 Å². The van der Waals surface area contributed by atoms with Crippen molar-refractivity contribution in [2.75, 3.05) is 56.5 Å². The van der Waals surface area contributed by atoms with Gasteiger partial charge in [-0.1, -0.05) is 12.1 Å². The van der Waals surface area contributed by atoms with Crippen molar-refractivity contribution in [3.63, 3.8) is 0 Å². The maximum atomic E-state index is 13.5. The molecule has 4 amide bonds. The van der Waals surface area contributed by atoms with Crippen molar-refractivity contribution >= 4 is 50.9 Å². The van der Waals surface area contributed by atoms with Crippen LogP contribution in [0, 0.1) is 0 Å². The number of likely N-dealkylation sites (tertiary alicyclic amines) is 1. The molecule has 5 heterocycles. The Labute approximate surface area is 292 Å². The van der Waals surface area contributed by atoms with Crippen LogP contribution in [0.15, 0.2) is 57.9 Å². The lowest BCUT2D eigenvalue weighted by Crippen LogP contribution is -2.52. The SMILES string of the molecule is CN1CC(Nc2cnn(C)c(=O)c2Br)CC(c2ccc(C(=O)N3CCN(c4ccc5c(c4)CN(C4CCC(=O)NC4=O)C5=O)CC3)cc2)C1. The number of likely N-dealkylation sites (N-methyl/N-ethyl adjacent to an activating group) is 1. The highest BCUT2D eigenvalue weighted by atomic mass is 79.9. The van der Waals surface area contributed by atoms with Crippen LogP contribution in [-0.4, -0.2) is 107 Å². The number of carbonyl (C=O) groups excluding carboxylic acids is 4. The molecule has 0 saturated carbocycles. The smallest absolute Gasteiger partial charge is 0.282 e. The van der Waals surface area contributed by atoms with Crippen molar-refractivity contribution in [1.82, 2.24) is 29.8 Å². The highest BCUT2D eigenvalue weighted by Crippen LogP contribution is 2.32. The first-order valence-corrected chi connectivity index (χ1v) is 17.4. The third-order valence-electron chi connectivity index (χ3n) is 10.1. The number of carbonyl (C=O) groups is 4. The van der Waals surface area contributed by atoms with Crippen molar-refractivity contribution in [2.45, 2.75) is 43.8 Å². The number of nitrogens with one attached hydrogen (secondary N) is 2. The Bertz CT molecular complexity index is 1870. The molecule has 3 atom stereocenters. The molecule has 0 radical (unpaired) electrons. The predicted octanol–water partition coefficient (Wildman–Crippen LogP) is 2.17. The number of anilines is 2. The van der Waals surface area contributed by atoms with Crippen LogP contribution in [0.3, 0.4) is 0 Å². The number of aryl methyl sites for hydroxylation is 1. The van der Waals surface area contributed by atoms with E-state index in [0.717, 1.165) is 30.8 Å². The number of benzene rings is 2. The zero-order valence-electron chi connectivity index (χ0n) is 27.5. The average Bonchev–Trinajstić information content (AvgIpc) is 3.43. The average molecular weight is 732 g/mol. The number of halogens is 1. The van der Waals surface area contributed by atoms with Gasteiger partial charge in [0.1, 0.15) is 10.5 Å². The number of aromatic nitrogens is 2. The maximum absolute atomic E-state index is 13.5. The van der Waals surface area contributed by atoms with Crippen LogP contribution in [0.25, 0.3) is 0 Å². The molecule has 0 bridgehead atoms. The second-order valence-corrected chi connectivity index (χ2v) is 14.2. The van der Waals surface area contributed by atoms with Crippen molar-refractivity contribution < 1.29 is 19.2 Å². The van der Waals surface area contributed by atoms with Crippen LogP contribution in [0.1, 0.15) is 57.0 Å². The molecule has 49 heavy (non-hydrogen) atoms. The lowest BCUT2D eigenvalue weighted by atomic mass is 9.87. The third kappa shape index (κ3) is 6.58. The first-order valence-electron chi connectivity index (χ1n) is 16.6. The first kappa shape index (κ1) is 33.0. The van der Waals surface area contributed by atoms with E-state index in [1.165, 1.54) is 10.2 Å². The number of fused-ring (bicyclic) bond motifs is 1. The Kier molecular flexibility index (Phi) is 9.01. The second-order valence-electron chi connectivity index (χ2n) is 13.4. The number of piperazine rings is 1. The molecule has 1 aromatic heterocycles. The summed E-state index contributed by atoms with van der Waals surface area (Å²) in [5.74, 6) is -0.629. The summed E-state index contributed by atoms with van der Waals surface area (Å²) in [5.41, 5.74) is 4.78. The Morgan fingerprint density at radius 1 is 0.980 bits per heavy atom. The third-order valence-corrected chi connectivity index (χ3v) is 10.9. The van der Waals surface area contributed by atoms with Gasteiger partial charge in [0.25, 0.3) is 17.4 Å². The molecule has 4 aliphatic rings. The highest BCUT2D eigenvalue weighted by molar-refractivity contribution is 9.10. The molecular formula is C35H39BrN8O5. The van der Waals surface area contributed by atoms with Crippen molar-refractivity contribution in [2.24, 2.45) is 7.05 Å². The summed E-state index contributed by atoms with van der Waals surface area (Å²) in [4.78, 5) is 70.8. The molecule has 3 unspecified atom stereocenters. The summed E-state index contributed by atoms with van der Waals surface area (Å²) >= 11 is 3.41. The molecule has 3 saturated heterocycles. The lowest BCUT2D eigenvalue weighted by Gasteiger charge is -2.37. The summed E-state index contributed by atoms with van der Waals surface area (Å²) in [6.07, 6.45) is 3.11. The van der Waals surface area contributed by atoms with Gasteiger partial charge in [0.2, 0.25) is 11.8 Å². The Hall–Kier alpha value is -4.56. The number of piperidine rings is 2. The van der Waals surface area contributed by atoms with Gasteiger partial charge in [-0.15, -0.1) is 0 Å². The maximum Gasteiger partial charge on any atom is 0.282 e. The number of rotatable bonds is 6. The zero-order chi connectivity index (χ0) is 34.4. The van der Waals surface area contributed by atoms with E-state index in [1.807, 2.05) is 35.2 Å². The summed E-state index contributed by atoms with van der Waals surface area (Å²) in [6, 6.07) is 13.2. The normalized spacial score (nSPS) is 23.0. The van der Waals surface area contributed by atoms with Crippen molar-refractivity contribution in [3.05, 3.63) is 85.7 Å². The highest BCUT2D eigenvalue weighted by Gasteiger charge is 2.39. The van der Waals surface area contributed by atoms with Gasteiger partial charge in [-0.25, -0.2) is 4.68 Å². The number of amides is 4. The molecule has 7 rings (SSSR count). The van der Waals surface area contributed by atoms with Crippen LogP contribution < -0.4 is 21.1 Å². The van der Waals surface area contributed by atoms with Crippen LogP contribution in [-0.2, 0) is 23.2 Å². The van der Waals surface area contributed by atoms with Crippen LogP contribution in [0.2, 0.25) is 0 Å². The van der Waals surface area contributed by atoms with E-state index in [9.17, 15) is 24.0 Å². The molecule has 4 aliphatic heterocycles. The fourth-order valence-electron chi connectivity index (χ4n) is 7.50.